The summed E-state index contributed by atoms with van der Waals surface area (Å²) in [6, 6.07) is 94.7. The van der Waals surface area contributed by atoms with E-state index in [2.05, 4.69) is 323 Å². The van der Waals surface area contributed by atoms with Gasteiger partial charge in [-0.05, 0) is 177 Å². The smallest absolute Gasteiger partial charge is 0.189 e. The standard InChI is InChI=1S/C32H28NOSi.C29H32NSi.C28H30NSi.C15H12O2.C15H28O2.C13H24O2.3Ir/c1-20-15-21(2)17-22(16-20)30-19-27(28-18-23(35(3,4)5)13-14-29(28)33-30)26-11-8-10-25-24-9-6-7-12-31(24)34-32(25)26;1-18-11-19(2)15-23(14-18)28-17-26(29-21(4)12-20(3)13-22(29)5)25-16-24(31(6,7)8)9-10-27(25)30-28;1-18-13-19(2)15-22(14-18)27-17-25(28-20(3)9-8-10-21(28)4)24-16-23(30(5,6)7)11-12-26(24)29-27;16-14(12-7-3-1-4-8-12)11-15(17)13-9-5-2-6-10-13;1-7-14(5,8-2)12(16)11-13(17)15(6,9-3)10-4;1-5-10(6-2)12(14)9-13(15)11(7-3)8-4;;;/h6-16,18-19H,1-5H3;9-14,16-17H,1-8H3;8-14,16-17H,1-7H3;1-11,16H;11,16H,7-10H2,1-6H3;9-11,14H,5-8H2,1-4H3;;;/q3*-1;;;;;;. The Bertz CT molecular complexity index is 7340. The number of hydrogen-bond acceptors (Lipinski definition) is 10. The van der Waals surface area contributed by atoms with Crippen LogP contribution in [0.2, 0.25) is 58.9 Å². The summed E-state index contributed by atoms with van der Waals surface area (Å²) in [5, 5.41) is 40.0. The van der Waals surface area contributed by atoms with Gasteiger partial charge in [0.2, 0.25) is 0 Å². The van der Waals surface area contributed by atoms with E-state index >= 15 is 0 Å². The molecule has 781 valence electrons. The molecule has 0 unspecified atom stereocenters. The molecule has 3 N–H and O–H groups in total. The van der Waals surface area contributed by atoms with Gasteiger partial charge in [-0.3, -0.25) is 29.3 Å². The van der Waals surface area contributed by atoms with Gasteiger partial charge in [-0.25, -0.2) is 0 Å². The Hall–Kier alpha value is -11.1. The summed E-state index contributed by atoms with van der Waals surface area (Å²) in [5.41, 5.74) is 32.8. The minimum absolute atomic E-state index is 0. The molecule has 0 saturated heterocycles. The summed E-state index contributed by atoms with van der Waals surface area (Å²) in [6.07, 6.45) is 10.9. The molecule has 16 aromatic rings. The van der Waals surface area contributed by atoms with Gasteiger partial charge in [0, 0.05) is 145 Å². The Morgan fingerprint density at radius 2 is 0.709 bits per heavy atom. The minimum atomic E-state index is -1.50. The fourth-order valence-electron chi connectivity index (χ4n) is 19.0. The average Bonchev–Trinajstić information content (AvgIpc) is 1.41. The van der Waals surface area contributed by atoms with Crippen molar-refractivity contribution in [1.29, 1.82) is 0 Å². The number of carbonyl (C=O) groups excluding carboxylic acids is 3. The number of allylic oxidation sites excluding steroid dienone is 5. The summed E-state index contributed by atoms with van der Waals surface area (Å²) in [6.45, 7) is 65.5. The zero-order valence-electron chi connectivity index (χ0n) is 93.0. The first-order valence-electron chi connectivity index (χ1n) is 52.0. The third-order valence-corrected chi connectivity index (χ3v) is 34.9. The molecule has 0 spiro atoms. The molecule has 3 radical (unpaired) electrons. The number of rotatable bonds is 26. The Balaban J connectivity index is 0.000000222. The van der Waals surface area contributed by atoms with Gasteiger partial charge in [0.1, 0.15) is 22.7 Å². The largest absolute Gasteiger partial charge is 0.512 e. The maximum absolute atomic E-state index is 12.2. The van der Waals surface area contributed by atoms with Crippen molar-refractivity contribution >= 4 is 118 Å². The van der Waals surface area contributed by atoms with Gasteiger partial charge in [0.25, 0.3) is 0 Å². The number of benzene rings is 12. The van der Waals surface area contributed by atoms with E-state index in [-0.39, 0.29) is 118 Å². The van der Waals surface area contributed by atoms with Crippen molar-refractivity contribution in [2.45, 2.75) is 256 Å². The molecule has 10 nitrogen and oxygen atoms in total. The van der Waals surface area contributed by atoms with Crippen LogP contribution in [0.25, 0.3) is 128 Å². The molecule has 4 heterocycles. The Morgan fingerprint density at radius 1 is 0.351 bits per heavy atom. The van der Waals surface area contributed by atoms with E-state index in [1.807, 2.05) is 106 Å². The van der Waals surface area contributed by atoms with Crippen LogP contribution in [0.15, 0.2) is 277 Å². The quantitative estimate of drug-likeness (QED) is 0.0156. The Morgan fingerprint density at radius 3 is 1.10 bits per heavy atom. The van der Waals surface area contributed by atoms with Gasteiger partial charge in [-0.15, -0.1) is 105 Å². The molecule has 12 aromatic carbocycles. The summed E-state index contributed by atoms with van der Waals surface area (Å²) in [5.74, 6) is 0.617. The number of para-hydroxylation sites is 2. The molecule has 16 heteroatoms. The number of aliphatic hydroxyl groups excluding tert-OH is 3. The molecular formula is C132H154Ir3N3O7Si3-3. The number of pyridine rings is 3. The second-order valence-electron chi connectivity index (χ2n) is 43.2. The van der Waals surface area contributed by atoms with Gasteiger partial charge in [0.15, 0.2) is 17.3 Å². The van der Waals surface area contributed by atoms with Crippen molar-refractivity contribution in [2.75, 3.05) is 0 Å². The van der Waals surface area contributed by atoms with Crippen LogP contribution in [0, 0.1) is 117 Å². The van der Waals surface area contributed by atoms with Crippen LogP contribution in [0.5, 0.6) is 0 Å². The first-order valence-corrected chi connectivity index (χ1v) is 62.5. The first kappa shape index (κ1) is 122. The van der Waals surface area contributed by atoms with E-state index in [1.165, 1.54) is 117 Å². The molecule has 0 aliphatic carbocycles. The van der Waals surface area contributed by atoms with Crippen molar-refractivity contribution in [2.24, 2.45) is 22.7 Å². The van der Waals surface area contributed by atoms with Crippen molar-refractivity contribution < 1.29 is 94.4 Å². The average molecular weight is 2560 g/mol. The Kier molecular flexibility index (Phi) is 44.2. The molecular weight excluding hydrogens is 2400 g/mol. The van der Waals surface area contributed by atoms with E-state index in [0.717, 1.165) is 151 Å². The summed E-state index contributed by atoms with van der Waals surface area (Å²) in [7, 11) is -4.37. The van der Waals surface area contributed by atoms with E-state index in [0.29, 0.717) is 11.1 Å². The molecule has 148 heavy (non-hydrogen) atoms. The predicted molar refractivity (Wildman–Crippen MR) is 627 cm³/mol. The number of fused-ring (bicyclic) bond motifs is 6. The molecule has 0 bridgehead atoms. The number of furan rings is 1. The van der Waals surface area contributed by atoms with E-state index in [1.54, 1.807) is 36.4 Å². The molecule has 0 aliphatic rings. The Labute approximate surface area is 927 Å². The zero-order chi connectivity index (χ0) is 106. The number of hydrogen-bond donors (Lipinski definition) is 3. The number of aliphatic hydroxyl groups is 3. The maximum atomic E-state index is 12.2. The summed E-state index contributed by atoms with van der Waals surface area (Å²) >= 11 is 0. The van der Waals surface area contributed by atoms with Crippen LogP contribution in [-0.2, 0) is 69.9 Å². The van der Waals surface area contributed by atoms with Crippen LogP contribution in [-0.4, -0.2) is 71.8 Å². The van der Waals surface area contributed by atoms with Crippen LogP contribution in [0.4, 0.5) is 0 Å². The van der Waals surface area contributed by atoms with E-state index in [9.17, 15) is 29.7 Å². The second-order valence-corrected chi connectivity index (χ2v) is 58.5. The normalized spacial score (nSPS) is 11.9. The van der Waals surface area contributed by atoms with E-state index < -0.39 is 24.2 Å². The monoisotopic (exact) mass is 2560 g/mol. The maximum Gasteiger partial charge on any atom is 0.189 e. The van der Waals surface area contributed by atoms with Crippen LogP contribution in [0.3, 0.4) is 0 Å². The predicted octanol–water partition coefficient (Wildman–Crippen LogP) is 35.0. The van der Waals surface area contributed by atoms with Gasteiger partial charge < -0.3 is 19.7 Å². The van der Waals surface area contributed by atoms with Gasteiger partial charge in [-0.1, -0.05) is 373 Å². The molecule has 0 amide bonds. The van der Waals surface area contributed by atoms with Crippen molar-refractivity contribution in [1.82, 2.24) is 15.0 Å². The van der Waals surface area contributed by atoms with Crippen molar-refractivity contribution in [3.63, 3.8) is 0 Å². The molecule has 0 atom stereocenters. The second kappa shape index (κ2) is 53.6. The van der Waals surface area contributed by atoms with Crippen LogP contribution < -0.4 is 15.6 Å². The fraction of sp³-hybridized carbons (Fsp3) is 0.318. The van der Waals surface area contributed by atoms with Gasteiger partial charge in [0.05, 0.1) is 46.5 Å². The number of nitrogens with zero attached hydrogens (tertiary/aromatic N) is 3. The SMILES string of the molecule is CCC(C)(CC)C(=O)C=C(O)C(C)(CC)CC.CCC(CC)C(=O)C=C(O)C(CC)CC.Cc1[c-]c(-c2cc(-c3c(C)cc(C)cc3C)c3cc([Si](C)(C)C)ccc3n2)cc(C)c1.Cc1[c-]c(-c2cc(-c3c(C)cccc3C)c3cc([Si](C)(C)C)ccc3n2)cc(C)c1.Cc1[c-]c(-c2cc(-c3cccc4c3oc3ccccc34)c3cc([Si](C)(C)C)ccc3n2)cc(C)c1.O=C(C=C(O)c1ccccc1)c1ccccc1.[Ir].[Ir].[Ir]. The molecule has 0 fully saturated rings. The van der Waals surface area contributed by atoms with E-state index in [4.69, 9.17) is 19.4 Å². The zero-order valence-corrected chi connectivity index (χ0v) is 103. The van der Waals surface area contributed by atoms with Crippen molar-refractivity contribution in [3.8, 4) is 67.2 Å². The number of aromatic nitrogens is 3. The number of ketones is 3. The molecule has 0 aliphatic heterocycles. The van der Waals surface area contributed by atoms with Crippen molar-refractivity contribution in [3.05, 3.63) is 363 Å². The number of carbonyl (C=O) groups is 3. The minimum Gasteiger partial charge on any atom is -0.512 e. The topological polar surface area (TPSA) is 164 Å². The summed E-state index contributed by atoms with van der Waals surface area (Å²) in [4.78, 5) is 51.0. The van der Waals surface area contributed by atoms with Gasteiger partial charge in [-0.2, -0.15) is 0 Å². The molecule has 4 aromatic heterocycles. The fourth-order valence-corrected chi connectivity index (χ4v) is 22.5. The van der Waals surface area contributed by atoms with Crippen LogP contribution >= 0.6 is 0 Å². The first-order chi connectivity index (χ1) is 68.6. The molecule has 0 saturated carbocycles. The third-order valence-electron chi connectivity index (χ3n) is 28.8. The molecule has 16 rings (SSSR count). The van der Waals surface area contributed by atoms with Crippen LogP contribution in [0.1, 0.15) is 198 Å². The summed E-state index contributed by atoms with van der Waals surface area (Å²) < 4.78 is 6.45. The van der Waals surface area contributed by atoms with Gasteiger partial charge >= 0.3 is 0 Å². The third kappa shape index (κ3) is 30.7. The number of aryl methyl sites for hydroxylation is 11.